The van der Waals surface area contributed by atoms with Crippen molar-refractivity contribution in [3.8, 4) is 0 Å². The third-order valence-corrected chi connectivity index (χ3v) is 15.6. The third-order valence-electron chi connectivity index (χ3n) is 15.6. The van der Waals surface area contributed by atoms with Crippen LogP contribution in [0.2, 0.25) is 0 Å². The summed E-state index contributed by atoms with van der Waals surface area (Å²) in [5.74, 6) is -3.03. The first-order valence-corrected chi connectivity index (χ1v) is 22.8. The van der Waals surface area contributed by atoms with Crippen molar-refractivity contribution < 1.29 is 56.3 Å². The minimum absolute atomic E-state index is 0.00963. The number of nitrogens with zero attached hydrogens (tertiary/aromatic N) is 2. The molecule has 340 valence electrons. The topological polar surface area (TPSA) is 114 Å². The number of ether oxygens (including phenoxy) is 8. The highest BCUT2D eigenvalue weighted by atomic mass is 19.2. The first kappa shape index (κ1) is 45.0. The number of fused-ring (bicyclic) bond motifs is 8. The van der Waals surface area contributed by atoms with Crippen molar-refractivity contribution in [3.63, 3.8) is 0 Å². The second-order valence-corrected chi connectivity index (χ2v) is 19.1. The molecule has 8 rings (SSSR count). The zero-order chi connectivity index (χ0) is 43.4. The van der Waals surface area contributed by atoms with E-state index in [2.05, 4.69) is 36.9 Å². The van der Waals surface area contributed by atoms with Crippen LogP contribution >= 0.6 is 0 Å². The quantitative estimate of drug-likeness (QED) is 0.190. The minimum atomic E-state index is -0.910. The highest BCUT2D eigenvalue weighted by Gasteiger charge is 2.69. The van der Waals surface area contributed by atoms with E-state index in [0.29, 0.717) is 43.4 Å². The molecule has 12 nitrogen and oxygen atoms in total. The van der Waals surface area contributed by atoms with Crippen molar-refractivity contribution in [1.82, 2.24) is 4.90 Å². The lowest BCUT2D eigenvalue weighted by Gasteiger charge is -2.44. The number of hydrogen-bond donors (Lipinski definition) is 0. The Bertz CT molecular complexity index is 1770. The summed E-state index contributed by atoms with van der Waals surface area (Å²) >= 11 is 0. The van der Waals surface area contributed by atoms with Crippen molar-refractivity contribution in [2.24, 2.45) is 35.5 Å². The standard InChI is InChI=1S/C47H68F2N2O10/c1-10-27-12-11-13-37(61-39-17-16-36(50(5)6)24(3)57-39)23(2)43(53)33-21-30-29-19-28(60-47-46(56-9)45(55-8)44(54-7)25(4)58-47)20-32(29)41-42(40(30)31(33)22-38(52)59-27)51(41)26-14-15-34(48)35(49)18-26/h14-15,18,21,23-25,27-32,36-37,39-42,44-47H,10-13,16-17,19-20,22H2,1-9H3/t23-,24-,25+,27+,28+,29+,30+,31-,32-,36+,37+,39+,40-,41+,42-,44+,45-,46-,47+,51?/m1/s1. The second kappa shape index (κ2) is 18.5. The number of carbonyl (C=O) groups is 2. The van der Waals surface area contributed by atoms with E-state index in [4.69, 9.17) is 37.9 Å². The number of hydrogen-bond acceptors (Lipinski definition) is 12. The molecule has 1 aromatic carbocycles. The van der Waals surface area contributed by atoms with Crippen LogP contribution in [0.25, 0.3) is 0 Å². The van der Waals surface area contributed by atoms with Crippen LogP contribution in [-0.2, 0) is 47.5 Å². The number of esters is 1. The van der Waals surface area contributed by atoms with Crippen molar-refractivity contribution in [2.75, 3.05) is 40.3 Å². The summed E-state index contributed by atoms with van der Waals surface area (Å²) in [5.41, 5.74) is 1.25. The van der Waals surface area contributed by atoms with E-state index in [1.165, 1.54) is 12.1 Å². The smallest absolute Gasteiger partial charge is 0.306 e. The SMILES string of the molecule is CC[C@H]1CCC[C@H](O[C@H]2CC[C@H](N(C)C)[C@@H](C)O2)[C@@H](C)C(=O)C2=C[C@H]3[C@@H]4C[C@H](O[C@@H]5O[C@@H](C)[C@H](OC)[C@@H](OC)[C@H]5OC)C[C@H]4[C@H]4[C@@H]([C@H]3[C@@H]2CC(=O)O1)N4c1ccc(F)c(F)c1. The molecule has 0 amide bonds. The summed E-state index contributed by atoms with van der Waals surface area (Å²) in [7, 11) is 9.01. The molecular weight excluding hydrogens is 791 g/mol. The Morgan fingerprint density at radius 1 is 0.836 bits per heavy atom. The molecule has 2 saturated carbocycles. The van der Waals surface area contributed by atoms with Gasteiger partial charge in [0.05, 0.1) is 42.9 Å². The number of methoxy groups -OCH3 is 3. The highest BCUT2D eigenvalue weighted by molar-refractivity contribution is 5.99. The van der Waals surface area contributed by atoms with E-state index < -0.39 is 48.3 Å². The number of benzene rings is 1. The lowest BCUT2D eigenvalue weighted by molar-refractivity contribution is -0.314. The number of likely N-dealkylation sites (N-methyl/N-ethyl adjacent to an activating group) is 1. The Balaban J connectivity index is 1.11. The zero-order valence-electron chi connectivity index (χ0n) is 37.4. The van der Waals surface area contributed by atoms with Gasteiger partial charge in [0, 0.05) is 51.0 Å². The number of ketones is 1. The van der Waals surface area contributed by atoms with Crippen LogP contribution in [0.1, 0.15) is 85.5 Å². The van der Waals surface area contributed by atoms with Gasteiger partial charge >= 0.3 is 5.97 Å². The van der Waals surface area contributed by atoms with Gasteiger partial charge in [0.25, 0.3) is 0 Å². The molecule has 1 aromatic rings. The molecule has 0 radical (unpaired) electrons. The predicted molar refractivity (Wildman–Crippen MR) is 222 cm³/mol. The van der Waals surface area contributed by atoms with E-state index >= 15 is 4.79 Å². The van der Waals surface area contributed by atoms with E-state index in [1.54, 1.807) is 27.4 Å². The summed E-state index contributed by atoms with van der Waals surface area (Å²) in [6.07, 6.45) is 4.42. The molecule has 61 heavy (non-hydrogen) atoms. The molecule has 0 N–H and O–H groups in total. The fourth-order valence-electron chi connectivity index (χ4n) is 12.6. The van der Waals surface area contributed by atoms with Gasteiger partial charge in [-0.05, 0) is 121 Å². The maximum atomic E-state index is 15.1. The predicted octanol–water partition coefficient (Wildman–Crippen LogP) is 6.47. The molecule has 0 bridgehead atoms. The molecule has 4 heterocycles. The van der Waals surface area contributed by atoms with E-state index in [1.807, 2.05) is 20.8 Å². The minimum Gasteiger partial charge on any atom is -0.462 e. The summed E-state index contributed by atoms with van der Waals surface area (Å²) in [6.45, 7) is 8.02. The van der Waals surface area contributed by atoms with Gasteiger partial charge in [-0.2, -0.15) is 0 Å². The van der Waals surface area contributed by atoms with E-state index in [9.17, 15) is 13.6 Å². The summed E-state index contributed by atoms with van der Waals surface area (Å²) in [4.78, 5) is 33.5. The Hall–Kier alpha value is -2.56. The van der Waals surface area contributed by atoms with Crippen LogP contribution in [0.4, 0.5) is 14.5 Å². The Kier molecular flexibility index (Phi) is 13.7. The lowest BCUT2D eigenvalue weighted by Crippen LogP contribution is -2.59. The van der Waals surface area contributed by atoms with Gasteiger partial charge in [-0.25, -0.2) is 8.78 Å². The fourth-order valence-corrected chi connectivity index (χ4v) is 12.6. The average Bonchev–Trinajstić information content (AvgIpc) is 3.63. The molecule has 6 fully saturated rings. The highest BCUT2D eigenvalue weighted by Crippen LogP contribution is 2.65. The first-order valence-electron chi connectivity index (χ1n) is 22.8. The number of allylic oxidation sites excluding steroid dienone is 2. The lowest BCUT2D eigenvalue weighted by atomic mass is 9.66. The monoisotopic (exact) mass is 858 g/mol. The maximum absolute atomic E-state index is 15.1. The zero-order valence-corrected chi connectivity index (χ0v) is 37.4. The first-order chi connectivity index (χ1) is 29.3. The number of Topliss-reactive ketones (excluding diaryl/α,β-unsaturated/α-hetero) is 1. The summed E-state index contributed by atoms with van der Waals surface area (Å²) in [5, 5.41) is 0. The Labute approximate surface area is 360 Å². The second-order valence-electron chi connectivity index (χ2n) is 19.1. The van der Waals surface area contributed by atoms with Gasteiger partial charge in [0.2, 0.25) is 0 Å². The number of rotatable bonds is 10. The van der Waals surface area contributed by atoms with Crippen LogP contribution in [0, 0.1) is 47.1 Å². The maximum Gasteiger partial charge on any atom is 0.306 e. The third kappa shape index (κ3) is 8.58. The van der Waals surface area contributed by atoms with Crippen molar-refractivity contribution in [3.05, 3.63) is 41.5 Å². The largest absolute Gasteiger partial charge is 0.462 e. The fraction of sp³-hybridized carbons (Fsp3) is 0.787. The van der Waals surface area contributed by atoms with Crippen molar-refractivity contribution >= 4 is 17.4 Å². The molecule has 3 aliphatic carbocycles. The summed E-state index contributed by atoms with van der Waals surface area (Å²) in [6, 6.07) is 4.24. The average molecular weight is 859 g/mol. The number of halogens is 2. The molecule has 14 heteroatoms. The normalized spacial score (nSPS) is 44.0. The molecular formula is C47H68F2N2O10. The van der Waals surface area contributed by atoms with Crippen molar-refractivity contribution in [2.45, 2.75) is 165 Å². The summed E-state index contributed by atoms with van der Waals surface area (Å²) < 4.78 is 79.4. The van der Waals surface area contributed by atoms with Gasteiger partial charge in [0.15, 0.2) is 30.0 Å². The van der Waals surface area contributed by atoms with Gasteiger partial charge in [0.1, 0.15) is 24.4 Å². The molecule has 4 saturated heterocycles. The number of anilines is 1. The van der Waals surface area contributed by atoms with E-state index in [0.717, 1.165) is 19.3 Å². The van der Waals surface area contributed by atoms with Crippen LogP contribution in [0.15, 0.2) is 29.8 Å². The molecule has 4 aliphatic heterocycles. The van der Waals surface area contributed by atoms with Gasteiger partial charge < -0.3 is 47.7 Å². The van der Waals surface area contributed by atoms with Gasteiger partial charge in [-0.3, -0.25) is 9.59 Å². The van der Waals surface area contributed by atoms with Crippen LogP contribution < -0.4 is 4.90 Å². The molecule has 0 unspecified atom stereocenters. The Morgan fingerprint density at radius 3 is 2.25 bits per heavy atom. The molecule has 0 aromatic heterocycles. The van der Waals surface area contributed by atoms with Crippen molar-refractivity contribution in [1.29, 1.82) is 0 Å². The van der Waals surface area contributed by atoms with Gasteiger partial charge in [-0.15, -0.1) is 0 Å². The van der Waals surface area contributed by atoms with Crippen LogP contribution in [0.5, 0.6) is 0 Å². The van der Waals surface area contributed by atoms with Gasteiger partial charge in [-0.1, -0.05) is 19.9 Å². The van der Waals surface area contributed by atoms with E-state index in [-0.39, 0.29) is 96.6 Å². The molecule has 0 spiro atoms. The Morgan fingerprint density at radius 2 is 1.57 bits per heavy atom. The number of cyclic esters (lactones) is 1. The van der Waals surface area contributed by atoms with Crippen LogP contribution in [0.3, 0.4) is 0 Å². The van der Waals surface area contributed by atoms with Crippen LogP contribution in [-0.4, -0.2) is 132 Å². The molecule has 19 atom stereocenters. The molecule has 7 aliphatic rings. The number of carbonyl (C=O) groups excluding carboxylic acids is 2.